The van der Waals surface area contributed by atoms with Crippen LogP contribution in [0.15, 0.2) is 30.5 Å². The van der Waals surface area contributed by atoms with E-state index in [0.29, 0.717) is 12.6 Å². The van der Waals surface area contributed by atoms with Crippen LogP contribution < -0.4 is 15.8 Å². The summed E-state index contributed by atoms with van der Waals surface area (Å²) < 4.78 is 5.25. The van der Waals surface area contributed by atoms with Gasteiger partial charge in [0, 0.05) is 17.6 Å². The molecule has 1 aromatic heterocycles. The van der Waals surface area contributed by atoms with Crippen molar-refractivity contribution in [2.24, 2.45) is 5.73 Å². The van der Waals surface area contributed by atoms with E-state index in [4.69, 9.17) is 10.5 Å². The molecule has 2 aromatic rings. The fourth-order valence-corrected chi connectivity index (χ4v) is 1.95. The van der Waals surface area contributed by atoms with Gasteiger partial charge in [-0.3, -0.25) is 0 Å². The Bertz CT molecular complexity index is 527. The molecule has 1 unspecified atom stereocenters. The molecule has 1 aromatic carbocycles. The van der Waals surface area contributed by atoms with Crippen LogP contribution in [-0.4, -0.2) is 24.7 Å². The van der Waals surface area contributed by atoms with Gasteiger partial charge in [0.25, 0.3) is 0 Å². The number of anilines is 1. The number of pyridine rings is 1. The van der Waals surface area contributed by atoms with Crippen LogP contribution in [0.5, 0.6) is 5.75 Å². The van der Waals surface area contributed by atoms with Crippen molar-refractivity contribution in [3.8, 4) is 5.75 Å². The first-order chi connectivity index (χ1) is 8.74. The van der Waals surface area contributed by atoms with E-state index in [2.05, 4.69) is 17.2 Å². The third kappa shape index (κ3) is 2.71. The molecular weight excluding hydrogens is 226 g/mol. The number of nitrogens with zero attached hydrogens (tertiary/aromatic N) is 1. The Hall–Kier alpha value is -1.81. The van der Waals surface area contributed by atoms with E-state index in [0.717, 1.165) is 28.8 Å². The molecule has 0 aliphatic carbocycles. The lowest BCUT2D eigenvalue weighted by atomic mass is 10.1. The number of fused-ring (bicyclic) bond motifs is 1. The molecule has 3 N–H and O–H groups in total. The van der Waals surface area contributed by atoms with Crippen LogP contribution in [0.25, 0.3) is 10.8 Å². The third-order valence-electron chi connectivity index (χ3n) is 2.96. The maximum atomic E-state index is 5.56. The zero-order valence-corrected chi connectivity index (χ0v) is 10.8. The summed E-state index contributed by atoms with van der Waals surface area (Å²) in [6, 6.07) is 8.29. The van der Waals surface area contributed by atoms with E-state index in [1.807, 2.05) is 30.5 Å². The SMILES string of the molecule is COc1ccc2ccnc(NC(C)CCN)c2c1. The van der Waals surface area contributed by atoms with Gasteiger partial charge in [0.2, 0.25) is 0 Å². The first-order valence-corrected chi connectivity index (χ1v) is 6.14. The average molecular weight is 245 g/mol. The lowest BCUT2D eigenvalue weighted by Crippen LogP contribution is -2.20. The fourth-order valence-electron chi connectivity index (χ4n) is 1.95. The zero-order chi connectivity index (χ0) is 13.0. The highest BCUT2D eigenvalue weighted by molar-refractivity contribution is 5.92. The summed E-state index contributed by atoms with van der Waals surface area (Å²) in [5, 5.41) is 5.61. The molecule has 1 atom stereocenters. The number of hydrogen-bond acceptors (Lipinski definition) is 4. The Morgan fingerprint density at radius 1 is 1.39 bits per heavy atom. The highest BCUT2D eigenvalue weighted by Crippen LogP contribution is 2.26. The van der Waals surface area contributed by atoms with Gasteiger partial charge in [0.1, 0.15) is 11.6 Å². The molecule has 0 bridgehead atoms. The van der Waals surface area contributed by atoms with Crippen molar-refractivity contribution >= 4 is 16.6 Å². The lowest BCUT2D eigenvalue weighted by molar-refractivity contribution is 0.415. The van der Waals surface area contributed by atoms with Crippen LogP contribution in [-0.2, 0) is 0 Å². The van der Waals surface area contributed by atoms with E-state index < -0.39 is 0 Å². The standard InChI is InChI=1S/C14H19N3O/c1-10(5-7-15)17-14-13-9-12(18-2)4-3-11(13)6-8-16-14/h3-4,6,8-10H,5,7,15H2,1-2H3,(H,16,17). The first-order valence-electron chi connectivity index (χ1n) is 6.14. The van der Waals surface area contributed by atoms with Gasteiger partial charge in [0.15, 0.2) is 0 Å². The van der Waals surface area contributed by atoms with Crippen molar-refractivity contribution in [3.05, 3.63) is 30.5 Å². The van der Waals surface area contributed by atoms with Crippen LogP contribution in [0.1, 0.15) is 13.3 Å². The van der Waals surface area contributed by atoms with E-state index >= 15 is 0 Å². The summed E-state index contributed by atoms with van der Waals surface area (Å²) in [7, 11) is 1.67. The summed E-state index contributed by atoms with van der Waals surface area (Å²) in [5.41, 5.74) is 5.56. The Kier molecular flexibility index (Phi) is 3.99. The minimum absolute atomic E-state index is 0.305. The second-order valence-corrected chi connectivity index (χ2v) is 4.37. The Morgan fingerprint density at radius 3 is 2.94 bits per heavy atom. The molecule has 0 saturated carbocycles. The highest BCUT2D eigenvalue weighted by atomic mass is 16.5. The van der Waals surface area contributed by atoms with Gasteiger partial charge in [0.05, 0.1) is 7.11 Å². The first kappa shape index (κ1) is 12.6. The lowest BCUT2D eigenvalue weighted by Gasteiger charge is -2.15. The van der Waals surface area contributed by atoms with Gasteiger partial charge >= 0.3 is 0 Å². The number of methoxy groups -OCH3 is 1. The predicted molar refractivity (Wildman–Crippen MR) is 75.1 cm³/mol. The number of rotatable bonds is 5. The van der Waals surface area contributed by atoms with Crippen molar-refractivity contribution < 1.29 is 4.74 Å². The quantitative estimate of drug-likeness (QED) is 0.849. The van der Waals surface area contributed by atoms with Crippen molar-refractivity contribution in [2.45, 2.75) is 19.4 Å². The molecule has 2 rings (SSSR count). The summed E-state index contributed by atoms with van der Waals surface area (Å²) in [6.07, 6.45) is 2.73. The molecule has 4 nitrogen and oxygen atoms in total. The third-order valence-corrected chi connectivity index (χ3v) is 2.96. The van der Waals surface area contributed by atoms with Gasteiger partial charge in [-0.05, 0) is 43.5 Å². The van der Waals surface area contributed by atoms with Crippen LogP contribution in [0.4, 0.5) is 5.82 Å². The zero-order valence-electron chi connectivity index (χ0n) is 10.8. The molecule has 0 radical (unpaired) electrons. The summed E-state index contributed by atoms with van der Waals surface area (Å²) >= 11 is 0. The van der Waals surface area contributed by atoms with Crippen LogP contribution in [0, 0.1) is 0 Å². The normalized spacial score (nSPS) is 12.4. The maximum absolute atomic E-state index is 5.56. The predicted octanol–water partition coefficient (Wildman–Crippen LogP) is 2.39. The molecule has 0 amide bonds. The largest absolute Gasteiger partial charge is 0.497 e. The Morgan fingerprint density at radius 2 is 2.22 bits per heavy atom. The van der Waals surface area contributed by atoms with Gasteiger partial charge in [-0.2, -0.15) is 0 Å². The van der Waals surface area contributed by atoms with Crippen LogP contribution in [0.3, 0.4) is 0 Å². The molecular formula is C14H19N3O. The summed E-state index contributed by atoms with van der Waals surface area (Å²) in [5.74, 6) is 1.72. The van der Waals surface area contributed by atoms with Gasteiger partial charge in [-0.25, -0.2) is 4.98 Å². The second kappa shape index (κ2) is 5.69. The maximum Gasteiger partial charge on any atom is 0.134 e. The van der Waals surface area contributed by atoms with Crippen molar-refractivity contribution in [1.82, 2.24) is 4.98 Å². The number of hydrogen-bond donors (Lipinski definition) is 2. The molecule has 0 aliphatic heterocycles. The molecule has 0 fully saturated rings. The molecule has 18 heavy (non-hydrogen) atoms. The number of aromatic nitrogens is 1. The monoisotopic (exact) mass is 245 g/mol. The molecule has 0 spiro atoms. The average Bonchev–Trinajstić information content (AvgIpc) is 2.39. The molecule has 96 valence electrons. The highest BCUT2D eigenvalue weighted by Gasteiger charge is 2.07. The summed E-state index contributed by atoms with van der Waals surface area (Å²) in [4.78, 5) is 4.40. The van der Waals surface area contributed by atoms with Crippen molar-refractivity contribution in [2.75, 3.05) is 19.0 Å². The van der Waals surface area contributed by atoms with Crippen molar-refractivity contribution in [3.63, 3.8) is 0 Å². The van der Waals surface area contributed by atoms with Crippen LogP contribution in [0.2, 0.25) is 0 Å². The molecule has 0 aliphatic rings. The van der Waals surface area contributed by atoms with E-state index in [1.165, 1.54) is 0 Å². The minimum Gasteiger partial charge on any atom is -0.497 e. The topological polar surface area (TPSA) is 60.2 Å². The minimum atomic E-state index is 0.305. The molecule has 4 heteroatoms. The van der Waals surface area contributed by atoms with E-state index in [1.54, 1.807) is 7.11 Å². The van der Waals surface area contributed by atoms with Crippen molar-refractivity contribution in [1.29, 1.82) is 0 Å². The van der Waals surface area contributed by atoms with E-state index in [-0.39, 0.29) is 0 Å². The van der Waals surface area contributed by atoms with Crippen LogP contribution >= 0.6 is 0 Å². The number of benzene rings is 1. The molecule has 0 saturated heterocycles. The second-order valence-electron chi connectivity index (χ2n) is 4.37. The Balaban J connectivity index is 2.36. The van der Waals surface area contributed by atoms with Gasteiger partial charge < -0.3 is 15.8 Å². The Labute approximate surface area is 107 Å². The number of ether oxygens (including phenoxy) is 1. The fraction of sp³-hybridized carbons (Fsp3) is 0.357. The smallest absolute Gasteiger partial charge is 0.134 e. The number of nitrogens with two attached hydrogens (primary N) is 1. The molecule has 1 heterocycles. The van der Waals surface area contributed by atoms with Gasteiger partial charge in [-0.1, -0.05) is 6.07 Å². The van der Waals surface area contributed by atoms with E-state index in [9.17, 15) is 0 Å². The summed E-state index contributed by atoms with van der Waals surface area (Å²) in [6.45, 7) is 2.77. The number of nitrogens with one attached hydrogen (secondary N) is 1. The van der Waals surface area contributed by atoms with Gasteiger partial charge in [-0.15, -0.1) is 0 Å².